The van der Waals surface area contributed by atoms with Crippen LogP contribution in [-0.4, -0.2) is 19.1 Å². The van der Waals surface area contributed by atoms with Gasteiger partial charge in [0.1, 0.15) is 0 Å². The maximum atomic E-state index is 5.55. The van der Waals surface area contributed by atoms with E-state index in [9.17, 15) is 0 Å². The summed E-state index contributed by atoms with van der Waals surface area (Å²) >= 11 is 0. The summed E-state index contributed by atoms with van der Waals surface area (Å²) < 4.78 is 0. The Bertz CT molecular complexity index is 63.3. The second kappa shape index (κ2) is 23.1. The van der Waals surface area contributed by atoms with Crippen molar-refractivity contribution < 1.29 is 0 Å². The Balaban J connectivity index is -0.000000205. The fourth-order valence-electron chi connectivity index (χ4n) is 0.726. The lowest BCUT2D eigenvalue weighted by atomic mass is 10.2. The molecule has 0 fully saturated rings. The highest BCUT2D eigenvalue weighted by Gasteiger charge is 1.91. The van der Waals surface area contributed by atoms with Crippen LogP contribution in [0.5, 0.6) is 0 Å². The van der Waals surface area contributed by atoms with Gasteiger partial charge < -0.3 is 11.1 Å². The Labute approximate surface area is 91.7 Å². The van der Waals surface area contributed by atoms with Gasteiger partial charge in [-0.2, -0.15) is 0 Å². The predicted octanol–water partition coefficient (Wildman–Crippen LogP) is 3.17. The normalized spacial score (nSPS) is 10.5. The van der Waals surface area contributed by atoms with Crippen LogP contribution >= 0.6 is 0 Å². The summed E-state index contributed by atoms with van der Waals surface area (Å²) in [5.41, 5.74) is 5.55. The Morgan fingerprint density at radius 1 is 1.14 bits per heavy atom. The van der Waals surface area contributed by atoms with Crippen LogP contribution in [0.3, 0.4) is 0 Å². The van der Waals surface area contributed by atoms with Gasteiger partial charge in [-0.05, 0) is 32.9 Å². The van der Waals surface area contributed by atoms with Gasteiger partial charge in [0.25, 0.3) is 0 Å². The summed E-state index contributed by atoms with van der Waals surface area (Å²) in [6, 6.07) is 0.364. The first-order valence-corrected chi connectivity index (χ1v) is 6.15. The van der Waals surface area contributed by atoms with Crippen molar-refractivity contribution in [2.24, 2.45) is 5.73 Å². The molecule has 0 aromatic heterocycles. The third-order valence-corrected chi connectivity index (χ3v) is 1.26. The van der Waals surface area contributed by atoms with E-state index in [4.69, 9.17) is 5.73 Å². The van der Waals surface area contributed by atoms with Crippen molar-refractivity contribution in [1.29, 1.82) is 0 Å². The topological polar surface area (TPSA) is 38.0 Å². The average Bonchev–Trinajstić information content (AvgIpc) is 2.17. The van der Waals surface area contributed by atoms with E-state index in [-0.39, 0.29) is 0 Å². The van der Waals surface area contributed by atoms with Crippen LogP contribution in [0.1, 0.15) is 60.8 Å². The summed E-state index contributed by atoms with van der Waals surface area (Å²) in [5.74, 6) is 0. The smallest absolute Gasteiger partial charge is 0.00109 e. The molecule has 2 nitrogen and oxygen atoms in total. The maximum absolute atomic E-state index is 5.55. The highest BCUT2D eigenvalue weighted by Crippen LogP contribution is 1.89. The molecule has 0 aliphatic rings. The van der Waals surface area contributed by atoms with E-state index >= 15 is 0 Å². The maximum Gasteiger partial charge on any atom is 0.00109 e. The van der Waals surface area contributed by atoms with Crippen LogP contribution < -0.4 is 11.1 Å². The van der Waals surface area contributed by atoms with Crippen molar-refractivity contribution in [3.63, 3.8) is 0 Å². The van der Waals surface area contributed by atoms with Crippen LogP contribution in [-0.2, 0) is 0 Å². The zero-order chi connectivity index (χ0) is 11.8. The Kier molecular flexibility index (Phi) is 32.1. The van der Waals surface area contributed by atoms with Gasteiger partial charge >= 0.3 is 0 Å². The quantitative estimate of drug-likeness (QED) is 0.675. The Morgan fingerprint density at radius 3 is 1.86 bits per heavy atom. The lowest BCUT2D eigenvalue weighted by Crippen LogP contribution is -2.19. The largest absolute Gasteiger partial charge is 0.328 e. The lowest BCUT2D eigenvalue weighted by molar-refractivity contribution is 0.584. The number of nitrogens with one attached hydrogen (secondary N) is 1. The summed E-state index contributed by atoms with van der Waals surface area (Å²) in [6.45, 7) is 14.6. The molecule has 0 spiro atoms. The van der Waals surface area contributed by atoms with E-state index < -0.39 is 0 Å². The van der Waals surface area contributed by atoms with Crippen molar-refractivity contribution in [3.8, 4) is 0 Å². The molecule has 0 heterocycles. The molecule has 0 aliphatic carbocycles. The molecule has 0 rings (SSSR count). The van der Waals surface area contributed by atoms with Crippen molar-refractivity contribution in [2.45, 2.75) is 66.8 Å². The minimum atomic E-state index is 0.364. The van der Waals surface area contributed by atoms with Gasteiger partial charge in [-0.3, -0.25) is 0 Å². The molecule has 0 saturated carbocycles. The van der Waals surface area contributed by atoms with Gasteiger partial charge in [0.2, 0.25) is 0 Å². The molecule has 0 radical (unpaired) electrons. The first kappa shape index (κ1) is 19.5. The van der Waals surface area contributed by atoms with Crippen LogP contribution in [0.25, 0.3) is 0 Å². The number of hydrogen-bond acceptors (Lipinski definition) is 2. The first-order chi connectivity index (χ1) is 6.68. The SMILES string of the molecule is CC.CCC.CCNCCCC(C)N. The highest BCUT2D eigenvalue weighted by molar-refractivity contribution is 4.53. The summed E-state index contributed by atoms with van der Waals surface area (Å²) in [4.78, 5) is 0. The third kappa shape index (κ3) is 40.6. The molecular weight excluding hydrogens is 172 g/mol. The van der Waals surface area contributed by atoms with Gasteiger partial charge in [0.15, 0.2) is 0 Å². The first-order valence-electron chi connectivity index (χ1n) is 6.15. The van der Waals surface area contributed by atoms with Gasteiger partial charge in [-0.25, -0.2) is 0 Å². The zero-order valence-corrected chi connectivity index (χ0v) is 11.2. The molecule has 0 saturated heterocycles. The van der Waals surface area contributed by atoms with E-state index in [0.717, 1.165) is 19.5 Å². The number of rotatable bonds is 5. The molecule has 1 unspecified atom stereocenters. The minimum absolute atomic E-state index is 0.364. The monoisotopic (exact) mass is 204 g/mol. The molecule has 2 heteroatoms. The van der Waals surface area contributed by atoms with Crippen molar-refractivity contribution in [1.82, 2.24) is 5.32 Å². The number of hydrogen-bond donors (Lipinski definition) is 2. The molecule has 0 aliphatic heterocycles. The summed E-state index contributed by atoms with van der Waals surface area (Å²) in [5, 5.41) is 3.25. The lowest BCUT2D eigenvalue weighted by Gasteiger charge is -2.03. The van der Waals surface area contributed by atoms with E-state index in [0.29, 0.717) is 6.04 Å². The van der Waals surface area contributed by atoms with E-state index in [1.165, 1.54) is 12.8 Å². The average molecular weight is 204 g/mol. The molecular formula is C12H32N2. The molecule has 1 atom stereocenters. The second-order valence-electron chi connectivity index (χ2n) is 3.18. The molecule has 0 aromatic rings. The van der Waals surface area contributed by atoms with Gasteiger partial charge in [0, 0.05) is 6.04 Å². The van der Waals surface area contributed by atoms with Crippen LogP contribution in [0.15, 0.2) is 0 Å². The fourth-order valence-corrected chi connectivity index (χ4v) is 0.726. The molecule has 0 amide bonds. The van der Waals surface area contributed by atoms with Crippen LogP contribution in [0.2, 0.25) is 0 Å². The second-order valence-corrected chi connectivity index (χ2v) is 3.18. The van der Waals surface area contributed by atoms with Crippen LogP contribution in [0, 0.1) is 0 Å². The van der Waals surface area contributed by atoms with Crippen molar-refractivity contribution in [3.05, 3.63) is 0 Å². The van der Waals surface area contributed by atoms with Crippen molar-refractivity contribution in [2.75, 3.05) is 13.1 Å². The number of nitrogens with two attached hydrogens (primary N) is 1. The van der Waals surface area contributed by atoms with Gasteiger partial charge in [-0.1, -0.05) is 41.0 Å². The minimum Gasteiger partial charge on any atom is -0.328 e. The van der Waals surface area contributed by atoms with Crippen molar-refractivity contribution >= 4 is 0 Å². The molecule has 0 aromatic carbocycles. The third-order valence-electron chi connectivity index (χ3n) is 1.26. The van der Waals surface area contributed by atoms with E-state index in [2.05, 4.69) is 26.1 Å². The highest BCUT2D eigenvalue weighted by atomic mass is 14.8. The van der Waals surface area contributed by atoms with Gasteiger partial charge in [-0.15, -0.1) is 0 Å². The van der Waals surface area contributed by atoms with Crippen LogP contribution in [0.4, 0.5) is 0 Å². The van der Waals surface area contributed by atoms with Gasteiger partial charge in [0.05, 0.1) is 0 Å². The molecule has 0 bridgehead atoms. The summed E-state index contributed by atoms with van der Waals surface area (Å²) in [6.07, 6.45) is 3.58. The van der Waals surface area contributed by atoms with E-state index in [1.54, 1.807) is 0 Å². The fraction of sp³-hybridized carbons (Fsp3) is 1.00. The zero-order valence-electron chi connectivity index (χ0n) is 11.2. The standard InChI is InChI=1S/C7H18N2.C3H8.C2H6/c1-3-9-6-4-5-7(2)8;1-3-2;1-2/h7,9H,3-6,8H2,1-2H3;3H2,1-2H3;1-2H3. The predicted molar refractivity (Wildman–Crippen MR) is 68.7 cm³/mol. The molecule has 90 valence electrons. The Hall–Kier alpha value is -0.0800. The van der Waals surface area contributed by atoms with E-state index in [1.807, 2.05) is 20.8 Å². The Morgan fingerprint density at radius 2 is 1.57 bits per heavy atom. The molecule has 3 N–H and O–H groups in total. The molecule has 14 heavy (non-hydrogen) atoms. The summed E-state index contributed by atoms with van der Waals surface area (Å²) in [7, 11) is 0.